The monoisotopic (exact) mass is 266 g/mol. The van der Waals surface area contributed by atoms with Gasteiger partial charge >= 0.3 is 0 Å². The van der Waals surface area contributed by atoms with E-state index in [1.54, 1.807) is 7.11 Å². The van der Waals surface area contributed by atoms with Gasteiger partial charge in [0, 0.05) is 5.56 Å². The number of benzene rings is 2. The lowest BCUT2D eigenvalue weighted by molar-refractivity contribution is -0.114. The molecular formula is C16H14N2O2. The number of rotatable bonds is 2. The van der Waals surface area contributed by atoms with E-state index in [4.69, 9.17) is 4.74 Å². The number of fused-ring (bicyclic) bond motifs is 1. The molecule has 1 amide bonds. The minimum Gasteiger partial charge on any atom is -0.496 e. The Morgan fingerprint density at radius 3 is 2.65 bits per heavy atom. The molecule has 4 heteroatoms. The Hall–Kier alpha value is -2.62. The molecule has 1 heterocycles. The van der Waals surface area contributed by atoms with Gasteiger partial charge in [-0.05, 0) is 12.1 Å². The highest BCUT2D eigenvalue weighted by Crippen LogP contribution is 2.30. The predicted molar refractivity (Wildman–Crippen MR) is 78.6 cm³/mol. The van der Waals surface area contributed by atoms with E-state index in [1.165, 1.54) is 0 Å². The summed E-state index contributed by atoms with van der Waals surface area (Å²) in [6.07, 6.45) is 0. The van der Waals surface area contributed by atoms with Crippen LogP contribution in [-0.4, -0.2) is 25.3 Å². The number of carbonyl (C=O) groups is 1. The second-order valence-corrected chi connectivity index (χ2v) is 4.46. The Morgan fingerprint density at radius 1 is 1.10 bits per heavy atom. The van der Waals surface area contributed by atoms with Crippen LogP contribution in [0.1, 0.15) is 11.1 Å². The minimum absolute atomic E-state index is 0.113. The van der Waals surface area contributed by atoms with Crippen molar-refractivity contribution in [1.82, 2.24) is 0 Å². The highest BCUT2D eigenvalue weighted by Gasteiger charge is 2.21. The van der Waals surface area contributed by atoms with Gasteiger partial charge in [0.25, 0.3) is 0 Å². The number of aliphatic imine (C=N–C) groups is 1. The molecule has 1 aliphatic heterocycles. The molecule has 4 nitrogen and oxygen atoms in total. The number of benzodiazepines with no additional fused rings is 1. The Morgan fingerprint density at radius 2 is 1.90 bits per heavy atom. The van der Waals surface area contributed by atoms with Crippen molar-refractivity contribution in [3.05, 3.63) is 59.7 Å². The van der Waals surface area contributed by atoms with E-state index in [0.29, 0.717) is 5.75 Å². The molecule has 0 unspecified atom stereocenters. The fourth-order valence-corrected chi connectivity index (χ4v) is 2.30. The maximum absolute atomic E-state index is 11.8. The molecule has 1 aliphatic rings. The first-order chi connectivity index (χ1) is 9.79. The summed E-state index contributed by atoms with van der Waals surface area (Å²) in [5.74, 6) is 0.581. The maximum atomic E-state index is 11.8. The van der Waals surface area contributed by atoms with Gasteiger partial charge in [0.05, 0.1) is 24.1 Å². The maximum Gasteiger partial charge on any atom is 0.246 e. The molecule has 3 rings (SSSR count). The third-order valence-electron chi connectivity index (χ3n) is 3.19. The van der Waals surface area contributed by atoms with Crippen LogP contribution in [0.4, 0.5) is 5.69 Å². The molecule has 2 aromatic carbocycles. The highest BCUT2D eigenvalue weighted by molar-refractivity contribution is 6.20. The van der Waals surface area contributed by atoms with Crippen molar-refractivity contribution in [2.24, 2.45) is 4.99 Å². The number of ether oxygens (including phenoxy) is 1. The number of nitrogens with zero attached hydrogens (tertiary/aromatic N) is 1. The van der Waals surface area contributed by atoms with E-state index >= 15 is 0 Å². The largest absolute Gasteiger partial charge is 0.496 e. The Kier molecular flexibility index (Phi) is 3.21. The molecule has 0 saturated heterocycles. The molecule has 1 N–H and O–H groups in total. The molecule has 0 saturated carbocycles. The van der Waals surface area contributed by atoms with Gasteiger partial charge in [-0.25, -0.2) is 0 Å². The fourth-order valence-electron chi connectivity index (χ4n) is 2.30. The number of nitrogens with one attached hydrogen (secondary N) is 1. The molecule has 0 radical (unpaired) electrons. The number of anilines is 1. The predicted octanol–water partition coefficient (Wildman–Crippen LogP) is 2.48. The number of methoxy groups -OCH3 is 1. The third-order valence-corrected chi connectivity index (χ3v) is 3.19. The van der Waals surface area contributed by atoms with Crippen LogP contribution in [0.25, 0.3) is 0 Å². The summed E-state index contributed by atoms with van der Waals surface area (Å²) in [4.78, 5) is 16.2. The zero-order chi connectivity index (χ0) is 13.9. The first kappa shape index (κ1) is 12.4. The van der Waals surface area contributed by atoms with Crippen molar-refractivity contribution in [3.63, 3.8) is 0 Å². The average molecular weight is 266 g/mol. The van der Waals surface area contributed by atoms with Crippen LogP contribution in [0.3, 0.4) is 0 Å². The molecule has 0 fully saturated rings. The molecule has 20 heavy (non-hydrogen) atoms. The first-order valence-electron chi connectivity index (χ1n) is 6.36. The summed E-state index contributed by atoms with van der Waals surface area (Å²) in [6, 6.07) is 15.4. The lowest BCUT2D eigenvalue weighted by Crippen LogP contribution is -2.13. The van der Waals surface area contributed by atoms with Gasteiger partial charge in [-0.1, -0.05) is 36.4 Å². The standard InChI is InChI=1S/C16H14N2O2/c1-20-13-9-5-8-12-15(13)16(17-10-14(19)18-12)11-6-3-2-4-7-11/h2-9H,10H2,1H3,(H,18,19). The van der Waals surface area contributed by atoms with E-state index in [-0.39, 0.29) is 12.5 Å². The van der Waals surface area contributed by atoms with Gasteiger partial charge in [0.2, 0.25) is 5.91 Å². The van der Waals surface area contributed by atoms with Crippen LogP contribution in [0, 0.1) is 0 Å². The molecular weight excluding hydrogens is 252 g/mol. The van der Waals surface area contributed by atoms with Crippen molar-refractivity contribution in [2.75, 3.05) is 19.0 Å². The van der Waals surface area contributed by atoms with Crippen LogP contribution >= 0.6 is 0 Å². The topological polar surface area (TPSA) is 50.7 Å². The van der Waals surface area contributed by atoms with E-state index in [2.05, 4.69) is 10.3 Å². The summed E-state index contributed by atoms with van der Waals surface area (Å²) in [7, 11) is 1.62. The first-order valence-corrected chi connectivity index (χ1v) is 6.36. The summed E-state index contributed by atoms with van der Waals surface area (Å²) in [6.45, 7) is 0.113. The van der Waals surface area contributed by atoms with Crippen molar-refractivity contribution < 1.29 is 9.53 Å². The van der Waals surface area contributed by atoms with Crippen LogP contribution in [0.15, 0.2) is 53.5 Å². The van der Waals surface area contributed by atoms with E-state index < -0.39 is 0 Å². The Bertz CT molecular complexity index is 678. The van der Waals surface area contributed by atoms with Gasteiger partial charge in [-0.3, -0.25) is 9.79 Å². The molecule has 0 spiro atoms. The minimum atomic E-state index is -0.120. The Labute approximate surface area is 117 Å². The zero-order valence-corrected chi connectivity index (χ0v) is 11.1. The number of hydrogen-bond acceptors (Lipinski definition) is 3. The highest BCUT2D eigenvalue weighted by atomic mass is 16.5. The summed E-state index contributed by atoms with van der Waals surface area (Å²) in [5, 5.41) is 2.86. The molecule has 100 valence electrons. The lowest BCUT2D eigenvalue weighted by atomic mass is 9.99. The Balaban J connectivity index is 2.23. The number of hydrogen-bond donors (Lipinski definition) is 1. The van der Waals surface area contributed by atoms with Gasteiger partial charge in [0.15, 0.2) is 0 Å². The summed E-state index contributed by atoms with van der Waals surface area (Å²) >= 11 is 0. The van der Waals surface area contributed by atoms with Crippen molar-refractivity contribution in [1.29, 1.82) is 0 Å². The van der Waals surface area contributed by atoms with Crippen LogP contribution < -0.4 is 10.1 Å². The van der Waals surface area contributed by atoms with Crippen molar-refractivity contribution in [3.8, 4) is 5.75 Å². The molecule has 0 bridgehead atoms. The van der Waals surface area contributed by atoms with E-state index in [1.807, 2.05) is 48.5 Å². The fraction of sp³-hybridized carbons (Fsp3) is 0.125. The zero-order valence-electron chi connectivity index (χ0n) is 11.1. The molecule has 0 aliphatic carbocycles. The molecule has 0 atom stereocenters. The van der Waals surface area contributed by atoms with Crippen LogP contribution in [-0.2, 0) is 4.79 Å². The van der Waals surface area contributed by atoms with Gasteiger partial charge in [-0.2, -0.15) is 0 Å². The smallest absolute Gasteiger partial charge is 0.246 e. The van der Waals surface area contributed by atoms with Gasteiger partial charge in [0.1, 0.15) is 12.3 Å². The van der Waals surface area contributed by atoms with Crippen molar-refractivity contribution >= 4 is 17.3 Å². The lowest BCUT2D eigenvalue weighted by Gasteiger charge is -2.14. The van der Waals surface area contributed by atoms with Gasteiger partial charge < -0.3 is 10.1 Å². The van der Waals surface area contributed by atoms with Crippen LogP contribution in [0.5, 0.6) is 5.75 Å². The van der Waals surface area contributed by atoms with Crippen molar-refractivity contribution in [2.45, 2.75) is 0 Å². The molecule has 2 aromatic rings. The SMILES string of the molecule is COc1cccc2c1C(c1ccccc1)=NCC(=O)N2. The van der Waals surface area contributed by atoms with Gasteiger partial charge in [-0.15, -0.1) is 0 Å². The van der Waals surface area contributed by atoms with E-state index in [0.717, 1.165) is 22.5 Å². The van der Waals surface area contributed by atoms with Crippen LogP contribution in [0.2, 0.25) is 0 Å². The second kappa shape index (κ2) is 5.17. The number of amides is 1. The summed E-state index contributed by atoms with van der Waals surface area (Å²) < 4.78 is 5.42. The van der Waals surface area contributed by atoms with E-state index in [9.17, 15) is 4.79 Å². The second-order valence-electron chi connectivity index (χ2n) is 4.46. The number of carbonyl (C=O) groups excluding carboxylic acids is 1. The summed E-state index contributed by atoms with van der Waals surface area (Å²) in [5.41, 5.74) is 3.30. The average Bonchev–Trinajstić information content (AvgIpc) is 2.66. The normalized spacial score (nSPS) is 13.8. The quantitative estimate of drug-likeness (QED) is 0.907. The molecule has 0 aromatic heterocycles. The third kappa shape index (κ3) is 2.16.